The Morgan fingerprint density at radius 1 is 1.03 bits per heavy atom. The molecule has 6 nitrogen and oxygen atoms in total. The molecule has 1 aliphatic rings. The Kier molecular flexibility index (Phi) is 7.70. The molecule has 0 aliphatic carbocycles. The van der Waals surface area contributed by atoms with Crippen molar-refractivity contribution < 1.29 is 13.2 Å². The molecule has 1 fully saturated rings. The highest BCUT2D eigenvalue weighted by Crippen LogP contribution is 2.24. The summed E-state index contributed by atoms with van der Waals surface area (Å²) in [6.45, 7) is 8.33. The molecule has 0 spiro atoms. The first-order chi connectivity index (χ1) is 16.3. The summed E-state index contributed by atoms with van der Waals surface area (Å²) in [6, 6.07) is 12.6. The van der Waals surface area contributed by atoms with E-state index in [4.69, 9.17) is 0 Å². The Morgan fingerprint density at radius 2 is 1.71 bits per heavy atom. The van der Waals surface area contributed by atoms with E-state index in [9.17, 15) is 13.2 Å². The standard InChI is InChI=1S/C26H33N3O3S2/c1-4-15-29-23-14-11-21(19(2)3)18-24(23)33-26(29)27-25(30)20-9-12-22(13-10-20)34(31,32)28-16-7-5-6-8-17-28/h9-14,18-19H,4-8,15-17H2,1-3H3. The number of benzene rings is 2. The van der Waals surface area contributed by atoms with Crippen LogP contribution in [0.2, 0.25) is 0 Å². The third-order valence-corrected chi connectivity index (χ3v) is 9.28. The van der Waals surface area contributed by atoms with E-state index < -0.39 is 10.0 Å². The minimum Gasteiger partial charge on any atom is -0.316 e. The number of nitrogens with zero attached hydrogens (tertiary/aromatic N) is 3. The van der Waals surface area contributed by atoms with Gasteiger partial charge in [0.2, 0.25) is 10.0 Å². The van der Waals surface area contributed by atoms with Crippen LogP contribution in [0.4, 0.5) is 0 Å². The maximum absolute atomic E-state index is 13.0. The average molecular weight is 500 g/mol. The number of thiazole rings is 1. The maximum atomic E-state index is 13.0. The van der Waals surface area contributed by atoms with Crippen molar-refractivity contribution in [3.8, 4) is 0 Å². The van der Waals surface area contributed by atoms with Gasteiger partial charge in [-0.25, -0.2) is 8.42 Å². The first-order valence-corrected chi connectivity index (χ1v) is 14.4. The van der Waals surface area contributed by atoms with Crippen molar-refractivity contribution in [2.24, 2.45) is 4.99 Å². The van der Waals surface area contributed by atoms with Gasteiger partial charge in [-0.05, 0) is 67.1 Å². The summed E-state index contributed by atoms with van der Waals surface area (Å²) in [5.74, 6) is 0.0662. The molecule has 1 saturated heterocycles. The molecule has 1 amide bonds. The van der Waals surface area contributed by atoms with E-state index in [2.05, 4.69) is 48.5 Å². The zero-order valence-electron chi connectivity index (χ0n) is 20.2. The third kappa shape index (κ3) is 5.19. The summed E-state index contributed by atoms with van der Waals surface area (Å²) in [7, 11) is -3.54. The lowest BCUT2D eigenvalue weighted by Gasteiger charge is -2.19. The molecule has 4 rings (SSSR count). The number of hydrogen-bond acceptors (Lipinski definition) is 4. The van der Waals surface area contributed by atoms with Crippen LogP contribution in [-0.4, -0.2) is 36.3 Å². The smallest absolute Gasteiger partial charge is 0.279 e. The molecule has 8 heteroatoms. The molecule has 0 N–H and O–H groups in total. The number of sulfonamides is 1. The van der Waals surface area contributed by atoms with Crippen molar-refractivity contribution in [1.82, 2.24) is 8.87 Å². The second-order valence-corrected chi connectivity index (χ2v) is 12.1. The van der Waals surface area contributed by atoms with Gasteiger partial charge in [0.25, 0.3) is 5.91 Å². The molecule has 0 bridgehead atoms. The molecule has 34 heavy (non-hydrogen) atoms. The molecule has 182 valence electrons. The summed E-state index contributed by atoms with van der Waals surface area (Å²) >= 11 is 1.52. The number of carbonyl (C=O) groups is 1. The van der Waals surface area contributed by atoms with Gasteiger partial charge in [-0.1, -0.05) is 51.0 Å². The van der Waals surface area contributed by atoms with Gasteiger partial charge >= 0.3 is 0 Å². The molecular formula is C26H33N3O3S2. The summed E-state index contributed by atoms with van der Waals surface area (Å²) in [5.41, 5.74) is 2.73. The highest BCUT2D eigenvalue weighted by molar-refractivity contribution is 7.89. The normalized spacial score (nSPS) is 16.3. The van der Waals surface area contributed by atoms with Crippen LogP contribution in [0.15, 0.2) is 52.4 Å². The van der Waals surface area contributed by atoms with Crippen LogP contribution in [0.5, 0.6) is 0 Å². The van der Waals surface area contributed by atoms with Gasteiger partial charge in [-0.2, -0.15) is 9.30 Å². The minimum atomic E-state index is -3.54. The van der Waals surface area contributed by atoms with E-state index >= 15 is 0 Å². The van der Waals surface area contributed by atoms with Crippen LogP contribution in [0.3, 0.4) is 0 Å². The van der Waals surface area contributed by atoms with Gasteiger partial charge in [-0.3, -0.25) is 4.79 Å². The third-order valence-electron chi connectivity index (χ3n) is 6.32. The van der Waals surface area contributed by atoms with Crippen LogP contribution in [0, 0.1) is 0 Å². The van der Waals surface area contributed by atoms with Crippen LogP contribution < -0.4 is 4.80 Å². The predicted molar refractivity (Wildman–Crippen MR) is 138 cm³/mol. The summed E-state index contributed by atoms with van der Waals surface area (Å²) in [4.78, 5) is 18.3. The van der Waals surface area contributed by atoms with Crippen LogP contribution in [0.25, 0.3) is 10.2 Å². The van der Waals surface area contributed by atoms with E-state index in [1.807, 2.05) is 0 Å². The number of rotatable bonds is 6. The largest absolute Gasteiger partial charge is 0.316 e. The predicted octanol–water partition coefficient (Wildman–Crippen LogP) is 5.54. The number of aryl methyl sites for hydroxylation is 1. The molecule has 2 heterocycles. The van der Waals surface area contributed by atoms with Gasteiger partial charge in [0, 0.05) is 25.2 Å². The highest BCUT2D eigenvalue weighted by Gasteiger charge is 2.25. The lowest BCUT2D eigenvalue weighted by atomic mass is 10.0. The summed E-state index contributed by atoms with van der Waals surface area (Å²) < 4.78 is 30.8. The lowest BCUT2D eigenvalue weighted by molar-refractivity contribution is 0.0997. The van der Waals surface area contributed by atoms with Crippen LogP contribution >= 0.6 is 11.3 Å². The highest BCUT2D eigenvalue weighted by atomic mass is 32.2. The fourth-order valence-electron chi connectivity index (χ4n) is 4.33. The topological polar surface area (TPSA) is 71.7 Å². The Morgan fingerprint density at radius 3 is 2.32 bits per heavy atom. The van der Waals surface area contributed by atoms with E-state index in [0.29, 0.717) is 29.4 Å². The lowest BCUT2D eigenvalue weighted by Crippen LogP contribution is -2.31. The molecule has 0 saturated carbocycles. The zero-order chi connectivity index (χ0) is 24.3. The molecule has 3 aromatic rings. The SMILES string of the molecule is CCCn1c(=NC(=O)c2ccc(S(=O)(=O)N3CCCCCC3)cc2)sc2cc(C(C)C)ccc21. The number of amides is 1. The molecule has 1 aliphatic heterocycles. The monoisotopic (exact) mass is 499 g/mol. The van der Waals surface area contributed by atoms with Crippen molar-refractivity contribution in [3.63, 3.8) is 0 Å². The van der Waals surface area contributed by atoms with Gasteiger partial charge in [0.15, 0.2) is 4.80 Å². The molecule has 1 aromatic heterocycles. The second kappa shape index (κ2) is 10.5. The molecule has 0 atom stereocenters. The Bertz CT molecular complexity index is 1330. The molecule has 0 radical (unpaired) electrons. The number of hydrogen-bond donors (Lipinski definition) is 0. The number of carbonyl (C=O) groups excluding carboxylic acids is 1. The van der Waals surface area contributed by atoms with Crippen molar-refractivity contribution in [2.75, 3.05) is 13.1 Å². The maximum Gasteiger partial charge on any atom is 0.279 e. The van der Waals surface area contributed by atoms with Crippen LogP contribution in [-0.2, 0) is 16.6 Å². The first kappa shape index (κ1) is 24.8. The van der Waals surface area contributed by atoms with Crippen molar-refractivity contribution in [3.05, 3.63) is 58.4 Å². The Balaban J connectivity index is 1.64. The van der Waals surface area contributed by atoms with Crippen molar-refractivity contribution in [2.45, 2.75) is 70.2 Å². The van der Waals surface area contributed by atoms with Gasteiger partial charge in [0.05, 0.1) is 15.1 Å². The van der Waals surface area contributed by atoms with E-state index in [1.54, 1.807) is 16.4 Å². The molecule has 2 aromatic carbocycles. The first-order valence-electron chi connectivity index (χ1n) is 12.1. The Labute approximate surface area is 206 Å². The molecule has 0 unspecified atom stereocenters. The van der Waals surface area contributed by atoms with E-state index in [0.717, 1.165) is 48.9 Å². The number of fused-ring (bicyclic) bond motifs is 1. The Hall–Kier alpha value is -2.29. The fourth-order valence-corrected chi connectivity index (χ4v) is 6.95. The van der Waals surface area contributed by atoms with Gasteiger partial charge in [-0.15, -0.1) is 0 Å². The fraction of sp³-hybridized carbons (Fsp3) is 0.462. The van der Waals surface area contributed by atoms with Gasteiger partial charge in [0.1, 0.15) is 0 Å². The molecular weight excluding hydrogens is 466 g/mol. The van der Waals surface area contributed by atoms with Crippen LogP contribution in [0.1, 0.15) is 74.7 Å². The second-order valence-electron chi connectivity index (χ2n) is 9.18. The minimum absolute atomic E-state index is 0.232. The summed E-state index contributed by atoms with van der Waals surface area (Å²) in [5, 5.41) is 0. The van der Waals surface area contributed by atoms with Crippen molar-refractivity contribution >= 4 is 37.5 Å². The number of aromatic nitrogens is 1. The van der Waals surface area contributed by atoms with Crippen molar-refractivity contribution in [1.29, 1.82) is 0 Å². The van der Waals surface area contributed by atoms with E-state index in [1.165, 1.54) is 29.0 Å². The van der Waals surface area contributed by atoms with Gasteiger partial charge < -0.3 is 4.57 Å². The zero-order valence-corrected chi connectivity index (χ0v) is 21.8. The quantitative estimate of drug-likeness (QED) is 0.447. The average Bonchev–Trinajstić information content (AvgIpc) is 2.99. The summed E-state index contributed by atoms with van der Waals surface area (Å²) in [6.07, 6.45) is 4.84. The van der Waals surface area contributed by atoms with E-state index in [-0.39, 0.29) is 10.8 Å².